The highest BCUT2D eigenvalue weighted by Crippen LogP contribution is 2.36. The molecule has 2 bridgehead atoms. The zero-order valence-corrected chi connectivity index (χ0v) is 18.7. The Morgan fingerprint density at radius 1 is 1.00 bits per heavy atom. The minimum atomic E-state index is -3.73. The Balaban J connectivity index is 1.37. The smallest absolute Gasteiger partial charge is 0.275 e. The number of amides is 1. The highest BCUT2D eigenvalue weighted by atomic mass is 32.2. The molecule has 0 aliphatic carbocycles. The molecule has 4 heterocycles. The lowest BCUT2D eigenvalue weighted by molar-refractivity contribution is 0.0589. The van der Waals surface area contributed by atoms with Gasteiger partial charge in [-0.15, -0.1) is 0 Å². The fourth-order valence-electron chi connectivity index (χ4n) is 4.84. The molecule has 0 spiro atoms. The summed E-state index contributed by atoms with van der Waals surface area (Å²) >= 11 is 0. The summed E-state index contributed by atoms with van der Waals surface area (Å²) in [5.74, 6) is -0.165. The summed E-state index contributed by atoms with van der Waals surface area (Å²) in [6.45, 7) is 1.50. The van der Waals surface area contributed by atoms with E-state index in [1.54, 1.807) is 59.3 Å². The number of carbonyl (C=O) groups is 1. The van der Waals surface area contributed by atoms with Crippen molar-refractivity contribution in [2.45, 2.75) is 24.6 Å². The molecule has 2 unspecified atom stereocenters. The summed E-state index contributed by atoms with van der Waals surface area (Å²) in [4.78, 5) is 32.0. The van der Waals surface area contributed by atoms with Gasteiger partial charge in [0.15, 0.2) is 0 Å². The molecule has 5 rings (SSSR count). The largest absolute Gasteiger partial charge is 0.336 e. The van der Waals surface area contributed by atoms with Gasteiger partial charge in [-0.2, -0.15) is 0 Å². The van der Waals surface area contributed by atoms with Crippen LogP contribution in [0.2, 0.25) is 0 Å². The second-order valence-electron chi connectivity index (χ2n) is 8.66. The Labute approximate surface area is 191 Å². The minimum Gasteiger partial charge on any atom is -0.336 e. The fourth-order valence-corrected chi connectivity index (χ4v) is 6.03. The Hall–Kier alpha value is -3.46. The average Bonchev–Trinajstić information content (AvgIpc) is 2.81. The molecule has 1 aromatic carbocycles. The Kier molecular flexibility index (Phi) is 5.49. The van der Waals surface area contributed by atoms with Crippen molar-refractivity contribution in [1.82, 2.24) is 14.5 Å². The molecular weight excluding hydrogens is 440 g/mol. The number of benzene rings is 1. The van der Waals surface area contributed by atoms with E-state index in [1.165, 1.54) is 6.07 Å². The van der Waals surface area contributed by atoms with Gasteiger partial charge < -0.3 is 9.47 Å². The first-order valence-corrected chi connectivity index (χ1v) is 12.5. The molecule has 9 heteroatoms. The second-order valence-corrected chi connectivity index (χ2v) is 10.4. The van der Waals surface area contributed by atoms with E-state index in [1.807, 2.05) is 11.0 Å². The molecule has 170 valence electrons. The molecule has 1 fully saturated rings. The lowest BCUT2D eigenvalue weighted by Crippen LogP contribution is -2.49. The third-order valence-electron chi connectivity index (χ3n) is 6.24. The molecule has 0 radical (unpaired) electrons. The predicted molar refractivity (Wildman–Crippen MR) is 124 cm³/mol. The first-order chi connectivity index (χ1) is 15.9. The minimum absolute atomic E-state index is 0.0211. The van der Waals surface area contributed by atoms with Gasteiger partial charge in [-0.1, -0.05) is 36.4 Å². The first kappa shape index (κ1) is 21.4. The number of sulfonamides is 1. The van der Waals surface area contributed by atoms with E-state index >= 15 is 0 Å². The number of hydrogen-bond acceptors (Lipinski definition) is 5. The number of carbonyl (C=O) groups excluding carboxylic acids is 1. The van der Waals surface area contributed by atoms with Crippen molar-refractivity contribution in [2.24, 2.45) is 5.92 Å². The molecule has 3 aromatic rings. The molecule has 1 N–H and O–H groups in total. The molecule has 2 aromatic heterocycles. The summed E-state index contributed by atoms with van der Waals surface area (Å²) in [7, 11) is -3.73. The number of anilines is 1. The van der Waals surface area contributed by atoms with Gasteiger partial charge in [0.25, 0.3) is 11.5 Å². The number of nitrogens with one attached hydrogen (secondary N) is 1. The lowest BCUT2D eigenvalue weighted by Gasteiger charge is -2.42. The zero-order chi connectivity index (χ0) is 23.0. The lowest BCUT2D eigenvalue weighted by atomic mass is 9.83. The number of hydrogen-bond donors (Lipinski definition) is 1. The van der Waals surface area contributed by atoms with Crippen molar-refractivity contribution in [1.29, 1.82) is 0 Å². The fraction of sp³-hybridized carbons (Fsp3) is 0.292. The van der Waals surface area contributed by atoms with Crippen molar-refractivity contribution in [3.05, 3.63) is 94.2 Å². The maximum absolute atomic E-state index is 13.2. The van der Waals surface area contributed by atoms with Crippen LogP contribution in [0, 0.1) is 5.92 Å². The van der Waals surface area contributed by atoms with Gasteiger partial charge in [0.2, 0.25) is 10.0 Å². The third kappa shape index (κ3) is 4.41. The average molecular weight is 465 g/mol. The van der Waals surface area contributed by atoms with Crippen LogP contribution in [0.5, 0.6) is 0 Å². The van der Waals surface area contributed by atoms with Crippen LogP contribution in [0.4, 0.5) is 5.69 Å². The van der Waals surface area contributed by atoms with Crippen LogP contribution < -0.4 is 10.3 Å². The van der Waals surface area contributed by atoms with Crippen LogP contribution in [0.25, 0.3) is 0 Å². The number of fused-ring (bicyclic) bond motifs is 4. The predicted octanol–water partition coefficient (Wildman–Crippen LogP) is 2.44. The van der Waals surface area contributed by atoms with E-state index < -0.39 is 10.0 Å². The molecular formula is C24H24N4O4S. The molecule has 2 aliphatic heterocycles. The number of piperidine rings is 1. The van der Waals surface area contributed by atoms with Gasteiger partial charge in [-0.25, -0.2) is 8.42 Å². The molecule has 33 heavy (non-hydrogen) atoms. The second kappa shape index (κ2) is 8.47. The number of aromatic nitrogens is 2. The summed E-state index contributed by atoms with van der Waals surface area (Å²) in [6, 6.07) is 17.5. The summed E-state index contributed by atoms with van der Waals surface area (Å²) in [6.07, 6.45) is 2.50. The van der Waals surface area contributed by atoms with E-state index in [-0.39, 0.29) is 34.7 Å². The summed E-state index contributed by atoms with van der Waals surface area (Å²) in [5.41, 5.74) is 1.61. The van der Waals surface area contributed by atoms with Gasteiger partial charge >= 0.3 is 0 Å². The van der Waals surface area contributed by atoms with Crippen molar-refractivity contribution >= 4 is 21.6 Å². The Morgan fingerprint density at radius 2 is 1.79 bits per heavy atom. The van der Waals surface area contributed by atoms with Crippen molar-refractivity contribution in [2.75, 3.05) is 17.8 Å². The van der Waals surface area contributed by atoms with Crippen LogP contribution >= 0.6 is 0 Å². The van der Waals surface area contributed by atoms with E-state index in [9.17, 15) is 18.0 Å². The van der Waals surface area contributed by atoms with Crippen molar-refractivity contribution in [3.63, 3.8) is 0 Å². The van der Waals surface area contributed by atoms with E-state index in [0.717, 1.165) is 12.1 Å². The maximum atomic E-state index is 13.2. The van der Waals surface area contributed by atoms with Gasteiger partial charge in [-0.3, -0.25) is 19.3 Å². The summed E-state index contributed by atoms with van der Waals surface area (Å²) in [5, 5.41) is 0. The van der Waals surface area contributed by atoms with Gasteiger partial charge in [-0.05, 0) is 42.2 Å². The van der Waals surface area contributed by atoms with E-state index in [2.05, 4.69) is 9.71 Å². The number of pyridine rings is 2. The number of rotatable bonds is 5. The third-order valence-corrected chi connectivity index (χ3v) is 7.48. The highest BCUT2D eigenvalue weighted by Gasteiger charge is 2.37. The SMILES string of the molecule is O=C(c1ccccn1)N1CC2CC(C1)c1ccc(NS(=O)(=O)Cc3ccccc3)c(=O)n1C2. The standard InChI is InChI=1S/C24H24N4O4S/c29-23(20-8-4-5-11-25-20)27-13-18-12-19(15-27)22-10-9-21(24(30)28(22)14-18)26-33(31,32)16-17-6-2-1-3-7-17/h1-11,18-19,26H,12-16H2. The van der Waals surface area contributed by atoms with E-state index in [4.69, 9.17) is 0 Å². The van der Waals surface area contributed by atoms with Crippen LogP contribution in [-0.2, 0) is 22.3 Å². The Bertz CT molecular complexity index is 1340. The van der Waals surface area contributed by atoms with Crippen LogP contribution in [0.3, 0.4) is 0 Å². The quantitative estimate of drug-likeness (QED) is 0.625. The highest BCUT2D eigenvalue weighted by molar-refractivity contribution is 7.91. The monoisotopic (exact) mass is 464 g/mol. The topological polar surface area (TPSA) is 101 Å². The Morgan fingerprint density at radius 3 is 2.55 bits per heavy atom. The van der Waals surface area contributed by atoms with Crippen molar-refractivity contribution < 1.29 is 13.2 Å². The van der Waals surface area contributed by atoms with Crippen molar-refractivity contribution in [3.8, 4) is 0 Å². The van der Waals surface area contributed by atoms with Crippen LogP contribution in [0.1, 0.15) is 34.1 Å². The molecule has 1 amide bonds. The normalized spacial score (nSPS) is 19.6. The molecule has 2 aliphatic rings. The molecule has 2 atom stereocenters. The van der Waals surface area contributed by atoms with E-state index in [0.29, 0.717) is 30.9 Å². The maximum Gasteiger partial charge on any atom is 0.275 e. The molecule has 8 nitrogen and oxygen atoms in total. The van der Waals surface area contributed by atoms with Gasteiger partial charge in [0.05, 0.1) is 5.75 Å². The van der Waals surface area contributed by atoms with Gasteiger partial charge in [0.1, 0.15) is 11.4 Å². The van der Waals surface area contributed by atoms with Gasteiger partial charge in [0, 0.05) is 37.4 Å². The zero-order valence-electron chi connectivity index (χ0n) is 17.9. The summed E-state index contributed by atoms with van der Waals surface area (Å²) < 4.78 is 29.4. The molecule has 0 saturated carbocycles. The molecule has 1 saturated heterocycles. The number of nitrogens with zero attached hydrogens (tertiary/aromatic N) is 3. The van der Waals surface area contributed by atoms with Crippen LogP contribution in [0.15, 0.2) is 71.7 Å². The number of likely N-dealkylation sites (tertiary alicyclic amines) is 1. The van der Waals surface area contributed by atoms with Crippen LogP contribution in [-0.4, -0.2) is 41.9 Å². The first-order valence-electron chi connectivity index (χ1n) is 10.9.